The van der Waals surface area contributed by atoms with Crippen LogP contribution in [0.1, 0.15) is 29.7 Å². The van der Waals surface area contributed by atoms with Crippen LogP contribution >= 0.6 is 0 Å². The summed E-state index contributed by atoms with van der Waals surface area (Å²) in [6, 6.07) is 8.18. The predicted molar refractivity (Wildman–Crippen MR) is 86.0 cm³/mol. The molecule has 1 aliphatic rings. The van der Waals surface area contributed by atoms with E-state index in [1.165, 1.54) is 0 Å². The molecule has 3 rings (SSSR count). The van der Waals surface area contributed by atoms with Crippen LogP contribution in [-0.4, -0.2) is 42.4 Å². The van der Waals surface area contributed by atoms with E-state index in [0.717, 1.165) is 35.5 Å². The standard InChI is InChI=1S/C17H23N3O2/c1-4-15-14(10-22-19-15)17(11-20(2)3)13(9-21)12-7-5-6-8-16(12)18-17/h5-8,10,13,18,21H,4,9,11H2,1-3H3. The van der Waals surface area contributed by atoms with Crippen LogP contribution in [0.5, 0.6) is 0 Å². The highest BCUT2D eigenvalue weighted by Crippen LogP contribution is 2.49. The normalized spacial score (nSPS) is 23.6. The van der Waals surface area contributed by atoms with Crippen molar-refractivity contribution in [3.8, 4) is 0 Å². The molecule has 1 aromatic heterocycles. The van der Waals surface area contributed by atoms with E-state index in [1.54, 1.807) is 6.26 Å². The van der Waals surface area contributed by atoms with E-state index >= 15 is 0 Å². The fourth-order valence-corrected chi connectivity index (χ4v) is 3.63. The Kier molecular flexibility index (Phi) is 3.93. The van der Waals surface area contributed by atoms with Gasteiger partial charge in [0.1, 0.15) is 6.26 Å². The molecule has 1 aromatic carbocycles. The number of nitrogens with one attached hydrogen (secondary N) is 1. The molecule has 2 unspecified atom stereocenters. The van der Waals surface area contributed by atoms with Gasteiger partial charge in [0.15, 0.2) is 0 Å². The lowest BCUT2D eigenvalue weighted by Crippen LogP contribution is -2.47. The molecule has 2 N–H and O–H groups in total. The summed E-state index contributed by atoms with van der Waals surface area (Å²) in [6.45, 7) is 2.90. The summed E-state index contributed by atoms with van der Waals surface area (Å²) in [4.78, 5) is 2.13. The Morgan fingerprint density at radius 1 is 1.36 bits per heavy atom. The summed E-state index contributed by atoms with van der Waals surface area (Å²) >= 11 is 0. The number of aliphatic hydroxyl groups excluding tert-OH is 1. The molecule has 0 saturated heterocycles. The molecule has 0 amide bonds. The topological polar surface area (TPSA) is 61.5 Å². The van der Waals surface area contributed by atoms with E-state index in [0.29, 0.717) is 0 Å². The van der Waals surface area contributed by atoms with Crippen molar-refractivity contribution in [2.45, 2.75) is 24.8 Å². The summed E-state index contributed by atoms with van der Waals surface area (Å²) in [5.41, 5.74) is 3.79. The first-order chi connectivity index (χ1) is 10.6. The first kappa shape index (κ1) is 15.1. The van der Waals surface area contributed by atoms with Crippen LogP contribution in [-0.2, 0) is 12.0 Å². The zero-order chi connectivity index (χ0) is 15.7. The molecule has 0 aliphatic carbocycles. The number of aromatic nitrogens is 1. The second-order valence-corrected chi connectivity index (χ2v) is 6.19. The molecular weight excluding hydrogens is 278 g/mol. The van der Waals surface area contributed by atoms with Gasteiger partial charge in [-0.1, -0.05) is 30.3 Å². The van der Waals surface area contributed by atoms with Gasteiger partial charge in [0.05, 0.1) is 17.8 Å². The monoisotopic (exact) mass is 301 g/mol. The van der Waals surface area contributed by atoms with Gasteiger partial charge in [0, 0.05) is 23.7 Å². The van der Waals surface area contributed by atoms with Gasteiger partial charge < -0.3 is 19.8 Å². The number of aliphatic hydroxyl groups is 1. The Labute approximate surface area is 130 Å². The van der Waals surface area contributed by atoms with E-state index in [-0.39, 0.29) is 12.5 Å². The minimum atomic E-state index is -0.423. The van der Waals surface area contributed by atoms with Crippen molar-refractivity contribution in [1.82, 2.24) is 10.1 Å². The van der Waals surface area contributed by atoms with Crippen molar-refractivity contribution in [3.05, 3.63) is 47.3 Å². The maximum Gasteiger partial charge on any atom is 0.129 e. The Morgan fingerprint density at radius 2 is 2.14 bits per heavy atom. The van der Waals surface area contributed by atoms with Gasteiger partial charge in [0.2, 0.25) is 0 Å². The van der Waals surface area contributed by atoms with E-state index in [1.807, 2.05) is 26.2 Å². The number of anilines is 1. The van der Waals surface area contributed by atoms with Crippen LogP contribution in [0.3, 0.4) is 0 Å². The Bertz CT molecular complexity index is 653. The lowest BCUT2D eigenvalue weighted by Gasteiger charge is -2.37. The van der Waals surface area contributed by atoms with Crippen molar-refractivity contribution < 1.29 is 9.63 Å². The minimum Gasteiger partial charge on any atom is -0.396 e. The van der Waals surface area contributed by atoms with Gasteiger partial charge in [-0.05, 0) is 32.1 Å². The largest absolute Gasteiger partial charge is 0.396 e. The summed E-state index contributed by atoms with van der Waals surface area (Å²) in [7, 11) is 4.08. The van der Waals surface area contributed by atoms with Crippen LogP contribution in [0.2, 0.25) is 0 Å². The van der Waals surface area contributed by atoms with E-state index in [9.17, 15) is 5.11 Å². The summed E-state index contributed by atoms with van der Waals surface area (Å²) in [5.74, 6) is -0.0317. The number of benzene rings is 1. The average Bonchev–Trinajstić information content (AvgIpc) is 3.08. The summed E-state index contributed by atoms with van der Waals surface area (Å²) < 4.78 is 5.26. The third-order valence-corrected chi connectivity index (χ3v) is 4.50. The lowest BCUT2D eigenvalue weighted by atomic mass is 9.77. The number of aryl methyl sites for hydroxylation is 1. The summed E-state index contributed by atoms with van der Waals surface area (Å²) in [5, 5.41) is 17.9. The molecule has 0 saturated carbocycles. The minimum absolute atomic E-state index is 0.0317. The number of fused-ring (bicyclic) bond motifs is 1. The Morgan fingerprint density at radius 3 is 2.82 bits per heavy atom. The van der Waals surface area contributed by atoms with Gasteiger partial charge in [-0.25, -0.2) is 0 Å². The molecule has 22 heavy (non-hydrogen) atoms. The molecule has 118 valence electrons. The SMILES string of the molecule is CCc1nocc1C1(CN(C)C)Nc2ccccc2C1CO. The summed E-state index contributed by atoms with van der Waals surface area (Å²) in [6.07, 6.45) is 2.53. The fraction of sp³-hybridized carbons (Fsp3) is 0.471. The van der Waals surface area contributed by atoms with Crippen molar-refractivity contribution in [2.24, 2.45) is 0 Å². The lowest BCUT2D eigenvalue weighted by molar-refractivity contribution is 0.193. The van der Waals surface area contributed by atoms with Crippen molar-refractivity contribution >= 4 is 5.69 Å². The number of nitrogens with zero attached hydrogens (tertiary/aromatic N) is 2. The predicted octanol–water partition coefficient (Wildman–Crippen LogP) is 2.20. The van der Waals surface area contributed by atoms with Crippen molar-refractivity contribution in [2.75, 3.05) is 32.6 Å². The molecule has 1 aliphatic heterocycles. The molecule has 0 fully saturated rings. The Balaban J connectivity index is 2.16. The number of hydrogen-bond acceptors (Lipinski definition) is 5. The molecule has 0 spiro atoms. The molecule has 0 radical (unpaired) electrons. The van der Waals surface area contributed by atoms with Crippen molar-refractivity contribution in [3.63, 3.8) is 0 Å². The van der Waals surface area contributed by atoms with Gasteiger partial charge >= 0.3 is 0 Å². The van der Waals surface area contributed by atoms with Crippen LogP contribution in [0.15, 0.2) is 35.1 Å². The molecule has 0 bridgehead atoms. The van der Waals surface area contributed by atoms with E-state index in [4.69, 9.17) is 4.52 Å². The third-order valence-electron chi connectivity index (χ3n) is 4.50. The smallest absolute Gasteiger partial charge is 0.129 e. The second kappa shape index (κ2) is 5.74. The maximum atomic E-state index is 10.1. The highest BCUT2D eigenvalue weighted by atomic mass is 16.5. The van der Waals surface area contributed by atoms with Gasteiger partial charge in [0.25, 0.3) is 0 Å². The van der Waals surface area contributed by atoms with Gasteiger partial charge in [-0.2, -0.15) is 0 Å². The van der Waals surface area contributed by atoms with Crippen LogP contribution in [0.4, 0.5) is 5.69 Å². The zero-order valence-corrected chi connectivity index (χ0v) is 13.3. The molecule has 2 atom stereocenters. The van der Waals surface area contributed by atoms with Crippen LogP contribution < -0.4 is 5.32 Å². The van der Waals surface area contributed by atoms with Crippen LogP contribution in [0, 0.1) is 0 Å². The first-order valence-electron chi connectivity index (χ1n) is 7.68. The number of hydrogen-bond donors (Lipinski definition) is 2. The van der Waals surface area contributed by atoms with Crippen molar-refractivity contribution in [1.29, 1.82) is 0 Å². The second-order valence-electron chi connectivity index (χ2n) is 6.19. The van der Waals surface area contributed by atoms with Gasteiger partial charge in [-0.3, -0.25) is 0 Å². The number of likely N-dealkylation sites (N-methyl/N-ethyl adjacent to an activating group) is 1. The molecule has 5 nitrogen and oxygen atoms in total. The van der Waals surface area contributed by atoms with E-state index < -0.39 is 5.54 Å². The van der Waals surface area contributed by atoms with Crippen LogP contribution in [0.25, 0.3) is 0 Å². The number of rotatable bonds is 5. The molecule has 2 heterocycles. The average molecular weight is 301 g/mol. The fourth-order valence-electron chi connectivity index (χ4n) is 3.63. The molecular formula is C17H23N3O2. The highest BCUT2D eigenvalue weighted by molar-refractivity contribution is 5.64. The quantitative estimate of drug-likeness (QED) is 0.886. The van der Waals surface area contributed by atoms with E-state index in [2.05, 4.69) is 34.4 Å². The first-order valence-corrected chi connectivity index (χ1v) is 7.68. The highest BCUT2D eigenvalue weighted by Gasteiger charge is 2.49. The zero-order valence-electron chi connectivity index (χ0n) is 13.3. The number of para-hydroxylation sites is 1. The maximum absolute atomic E-state index is 10.1. The Hall–Kier alpha value is -1.85. The third kappa shape index (κ3) is 2.21. The molecule has 5 heteroatoms. The van der Waals surface area contributed by atoms with Gasteiger partial charge in [-0.15, -0.1) is 0 Å². The molecule has 2 aromatic rings.